The second kappa shape index (κ2) is 4.56. The Bertz CT molecular complexity index is 691. The Morgan fingerprint density at radius 2 is 2.33 bits per heavy atom. The Balaban J connectivity index is 1.72. The third kappa shape index (κ3) is 2.22. The monoisotopic (exact) mass is 235 g/mol. The number of H-pyrrole nitrogens is 1. The lowest BCUT2D eigenvalue weighted by molar-refractivity contribution is 0.808. The summed E-state index contributed by atoms with van der Waals surface area (Å²) in [5, 5.41) is 7.96. The van der Waals surface area contributed by atoms with Crippen LogP contribution < -0.4 is 5.73 Å². The first-order chi connectivity index (χ1) is 8.86. The molecule has 3 N–H and O–H groups in total. The molecule has 0 spiro atoms. The molecule has 0 bridgehead atoms. The van der Waals surface area contributed by atoms with Gasteiger partial charge in [0.25, 0.3) is 0 Å². The van der Waals surface area contributed by atoms with Crippen molar-refractivity contribution in [1.82, 2.24) is 10.2 Å². The third-order valence-electron chi connectivity index (χ3n) is 3.19. The standard InChI is InChI=1S/C15H13N3/c16-9-13-8-12(13)4-2-1-3-11-5-6-15-14(7-11)10-17-18-15/h5-7,10,12-13H,8-9,16H2,(H,17,18)/t12-,13+/m1/s1. The molecule has 18 heavy (non-hydrogen) atoms. The fourth-order valence-corrected chi connectivity index (χ4v) is 1.94. The molecule has 2 atom stereocenters. The maximum atomic E-state index is 5.55. The molecule has 1 aliphatic rings. The molecule has 0 radical (unpaired) electrons. The molecule has 0 unspecified atom stereocenters. The number of hydrogen-bond acceptors (Lipinski definition) is 2. The molecule has 2 aromatic rings. The molecule has 1 saturated carbocycles. The average Bonchev–Trinajstić information content (AvgIpc) is 3.00. The topological polar surface area (TPSA) is 54.7 Å². The SMILES string of the molecule is NC[C@@H]1C[C@H]1C#CC#Cc1ccc2[nH]ncc2c1. The Kier molecular flexibility index (Phi) is 2.76. The van der Waals surface area contributed by atoms with Gasteiger partial charge in [-0.05, 0) is 48.9 Å². The van der Waals surface area contributed by atoms with Gasteiger partial charge in [0, 0.05) is 16.9 Å². The van der Waals surface area contributed by atoms with Crippen LogP contribution in [0.2, 0.25) is 0 Å². The number of nitrogens with zero attached hydrogens (tertiary/aromatic N) is 1. The average molecular weight is 235 g/mol. The molecular weight excluding hydrogens is 222 g/mol. The van der Waals surface area contributed by atoms with Crippen molar-refractivity contribution in [3.8, 4) is 23.7 Å². The van der Waals surface area contributed by atoms with Gasteiger partial charge in [-0.25, -0.2) is 0 Å². The summed E-state index contributed by atoms with van der Waals surface area (Å²) < 4.78 is 0. The van der Waals surface area contributed by atoms with Crippen molar-refractivity contribution in [2.24, 2.45) is 17.6 Å². The molecule has 1 fully saturated rings. The molecule has 3 rings (SSSR count). The van der Waals surface area contributed by atoms with E-state index in [1.807, 2.05) is 18.2 Å². The van der Waals surface area contributed by atoms with Crippen molar-refractivity contribution >= 4 is 10.9 Å². The molecule has 3 heteroatoms. The van der Waals surface area contributed by atoms with E-state index in [2.05, 4.69) is 33.9 Å². The van der Waals surface area contributed by atoms with Crippen LogP contribution in [0.25, 0.3) is 10.9 Å². The maximum absolute atomic E-state index is 5.55. The van der Waals surface area contributed by atoms with E-state index in [-0.39, 0.29) is 0 Å². The fraction of sp³-hybridized carbons (Fsp3) is 0.267. The van der Waals surface area contributed by atoms with E-state index in [4.69, 9.17) is 5.73 Å². The predicted octanol–water partition coefficient (Wildman–Crippen LogP) is 1.51. The first kappa shape index (κ1) is 10.9. The summed E-state index contributed by atoms with van der Waals surface area (Å²) in [6.45, 7) is 0.740. The minimum Gasteiger partial charge on any atom is -0.330 e. The van der Waals surface area contributed by atoms with Crippen molar-refractivity contribution in [1.29, 1.82) is 0 Å². The summed E-state index contributed by atoms with van der Waals surface area (Å²) in [5.74, 6) is 13.1. The zero-order valence-corrected chi connectivity index (χ0v) is 9.90. The summed E-state index contributed by atoms with van der Waals surface area (Å²) in [7, 11) is 0. The van der Waals surface area contributed by atoms with Gasteiger partial charge in [-0.3, -0.25) is 5.10 Å². The minimum atomic E-state index is 0.473. The highest BCUT2D eigenvalue weighted by atomic mass is 15.1. The molecule has 1 aliphatic carbocycles. The van der Waals surface area contributed by atoms with E-state index in [1.54, 1.807) is 6.20 Å². The van der Waals surface area contributed by atoms with Crippen LogP contribution in [0.3, 0.4) is 0 Å². The second-order valence-electron chi connectivity index (χ2n) is 4.53. The Morgan fingerprint density at radius 3 is 3.17 bits per heavy atom. The normalized spacial score (nSPS) is 20.7. The van der Waals surface area contributed by atoms with Gasteiger partial charge in [0.1, 0.15) is 0 Å². The number of nitrogens with two attached hydrogens (primary N) is 1. The van der Waals surface area contributed by atoms with Crippen LogP contribution in [0.1, 0.15) is 12.0 Å². The number of rotatable bonds is 1. The van der Waals surface area contributed by atoms with Crippen LogP contribution in [0.4, 0.5) is 0 Å². The van der Waals surface area contributed by atoms with E-state index < -0.39 is 0 Å². The number of fused-ring (bicyclic) bond motifs is 1. The molecule has 0 aliphatic heterocycles. The van der Waals surface area contributed by atoms with E-state index in [0.717, 1.165) is 29.4 Å². The molecule has 1 aromatic heterocycles. The number of nitrogens with one attached hydrogen (secondary N) is 1. The van der Waals surface area contributed by atoms with Gasteiger partial charge < -0.3 is 5.73 Å². The summed E-state index contributed by atoms with van der Waals surface area (Å²) >= 11 is 0. The second-order valence-corrected chi connectivity index (χ2v) is 4.53. The lowest BCUT2D eigenvalue weighted by Crippen LogP contribution is -2.01. The van der Waals surface area contributed by atoms with Crippen molar-refractivity contribution < 1.29 is 0 Å². The zero-order valence-electron chi connectivity index (χ0n) is 9.90. The summed E-state index contributed by atoms with van der Waals surface area (Å²) in [5.41, 5.74) is 7.54. The van der Waals surface area contributed by atoms with Crippen LogP contribution in [0.15, 0.2) is 24.4 Å². The van der Waals surface area contributed by atoms with Gasteiger partial charge in [-0.15, -0.1) is 0 Å². The largest absolute Gasteiger partial charge is 0.330 e. The van der Waals surface area contributed by atoms with Crippen LogP contribution in [0.5, 0.6) is 0 Å². The molecule has 1 aromatic carbocycles. The summed E-state index contributed by atoms with van der Waals surface area (Å²) in [4.78, 5) is 0. The number of aromatic nitrogens is 2. The first-order valence-electron chi connectivity index (χ1n) is 6.01. The Labute approximate surface area is 106 Å². The van der Waals surface area contributed by atoms with Gasteiger partial charge in [0.15, 0.2) is 0 Å². The first-order valence-corrected chi connectivity index (χ1v) is 6.01. The van der Waals surface area contributed by atoms with E-state index in [0.29, 0.717) is 11.8 Å². The summed E-state index contributed by atoms with van der Waals surface area (Å²) in [6.07, 6.45) is 2.92. The number of hydrogen-bond donors (Lipinski definition) is 2. The van der Waals surface area contributed by atoms with Crippen LogP contribution in [-0.2, 0) is 0 Å². The van der Waals surface area contributed by atoms with Crippen LogP contribution in [0, 0.1) is 35.5 Å². The van der Waals surface area contributed by atoms with Gasteiger partial charge >= 0.3 is 0 Å². The zero-order chi connectivity index (χ0) is 12.4. The van der Waals surface area contributed by atoms with Gasteiger partial charge in [0.05, 0.1) is 11.7 Å². The van der Waals surface area contributed by atoms with Crippen LogP contribution in [-0.4, -0.2) is 16.7 Å². The lowest BCUT2D eigenvalue weighted by atomic mass is 10.2. The number of aromatic amines is 1. The van der Waals surface area contributed by atoms with Gasteiger partial charge in [0.2, 0.25) is 0 Å². The van der Waals surface area contributed by atoms with Crippen molar-refractivity contribution in [3.05, 3.63) is 30.0 Å². The van der Waals surface area contributed by atoms with Crippen molar-refractivity contribution in [3.63, 3.8) is 0 Å². The van der Waals surface area contributed by atoms with Gasteiger partial charge in [-0.1, -0.05) is 11.8 Å². The van der Waals surface area contributed by atoms with Crippen molar-refractivity contribution in [2.45, 2.75) is 6.42 Å². The van der Waals surface area contributed by atoms with E-state index in [9.17, 15) is 0 Å². The maximum Gasteiger partial charge on any atom is 0.0651 e. The quantitative estimate of drug-likeness (QED) is 0.736. The van der Waals surface area contributed by atoms with Gasteiger partial charge in [-0.2, -0.15) is 5.10 Å². The fourth-order valence-electron chi connectivity index (χ4n) is 1.94. The lowest BCUT2D eigenvalue weighted by Gasteiger charge is -1.89. The molecule has 88 valence electrons. The van der Waals surface area contributed by atoms with E-state index in [1.165, 1.54) is 0 Å². The highest BCUT2D eigenvalue weighted by Gasteiger charge is 2.33. The predicted molar refractivity (Wildman–Crippen MR) is 71.4 cm³/mol. The van der Waals surface area contributed by atoms with Crippen LogP contribution >= 0.6 is 0 Å². The number of benzene rings is 1. The molecular formula is C15H13N3. The Morgan fingerprint density at radius 1 is 1.39 bits per heavy atom. The molecule has 1 heterocycles. The molecule has 3 nitrogen and oxygen atoms in total. The smallest absolute Gasteiger partial charge is 0.0651 e. The molecule has 0 amide bonds. The highest BCUT2D eigenvalue weighted by molar-refractivity contribution is 5.79. The van der Waals surface area contributed by atoms with Crippen molar-refractivity contribution in [2.75, 3.05) is 6.54 Å². The highest BCUT2D eigenvalue weighted by Crippen LogP contribution is 2.36. The minimum absolute atomic E-state index is 0.473. The Hall–Kier alpha value is -2.23. The molecule has 0 saturated heterocycles. The van der Waals surface area contributed by atoms with E-state index >= 15 is 0 Å². The third-order valence-corrected chi connectivity index (χ3v) is 3.19. The summed E-state index contributed by atoms with van der Waals surface area (Å²) in [6, 6.07) is 5.95.